The summed E-state index contributed by atoms with van der Waals surface area (Å²) in [4.78, 5) is 71.5. The van der Waals surface area contributed by atoms with Crippen molar-refractivity contribution in [2.75, 3.05) is 106 Å². The fraction of sp³-hybridized carbons (Fsp3) is 0.936. The van der Waals surface area contributed by atoms with Crippen LogP contribution in [0.4, 0.5) is 0 Å². The molecule has 0 aromatic rings. The van der Waals surface area contributed by atoms with Gasteiger partial charge in [0, 0.05) is 80.5 Å². The van der Waals surface area contributed by atoms with Gasteiger partial charge in [-0.3, -0.25) is 28.8 Å². The van der Waals surface area contributed by atoms with E-state index in [1.165, 1.54) is 64.2 Å². The summed E-state index contributed by atoms with van der Waals surface area (Å²) in [5, 5.41) is 0. The molecule has 6 heterocycles. The predicted molar refractivity (Wildman–Crippen MR) is 455 cm³/mol. The van der Waals surface area contributed by atoms with Crippen LogP contribution in [0.25, 0.3) is 0 Å². The van der Waals surface area contributed by atoms with E-state index >= 15 is 0 Å². The van der Waals surface area contributed by atoms with Gasteiger partial charge >= 0.3 is 35.8 Å². The van der Waals surface area contributed by atoms with Crippen molar-refractivity contribution in [3.63, 3.8) is 0 Å². The van der Waals surface area contributed by atoms with Crippen molar-refractivity contribution >= 4 is 35.8 Å². The van der Waals surface area contributed by atoms with Crippen LogP contribution in [0.5, 0.6) is 0 Å². The van der Waals surface area contributed by atoms with Crippen LogP contribution in [0.2, 0.25) is 0 Å². The molecule has 3 aliphatic carbocycles. The summed E-state index contributed by atoms with van der Waals surface area (Å²) in [5.74, 6) is -2.18. The molecule has 690 valence electrons. The van der Waals surface area contributed by atoms with E-state index in [9.17, 15) is 28.8 Å². The Bertz CT molecular complexity index is 2830. The molecule has 24 nitrogen and oxygen atoms in total. The molecule has 0 aromatic carbocycles. The fourth-order valence-electron chi connectivity index (χ4n) is 13.6. The molecule has 118 heavy (non-hydrogen) atoms. The Hall–Kier alpha value is -3.66. The van der Waals surface area contributed by atoms with Crippen LogP contribution in [0.1, 0.15) is 347 Å². The quantitative estimate of drug-likeness (QED) is 0.0367. The molecule has 0 bridgehead atoms. The van der Waals surface area contributed by atoms with Gasteiger partial charge in [-0.2, -0.15) is 0 Å². The summed E-state index contributed by atoms with van der Waals surface area (Å²) in [6.45, 7) is 59.4. The van der Waals surface area contributed by atoms with Gasteiger partial charge in [-0.1, -0.05) is 101 Å². The minimum atomic E-state index is -0.511. The lowest BCUT2D eigenvalue weighted by Gasteiger charge is -2.44. The topological polar surface area (TPSA) is 269 Å². The molecule has 9 aliphatic rings. The zero-order valence-corrected chi connectivity index (χ0v) is 79.1. The van der Waals surface area contributed by atoms with E-state index < -0.39 is 61.4 Å². The van der Waals surface area contributed by atoms with E-state index in [1.54, 1.807) is 0 Å². The highest BCUT2D eigenvalue weighted by atomic mass is 16.7. The molecule has 0 N–H and O–H groups in total. The number of hydrogen-bond donors (Lipinski definition) is 0. The fourth-order valence-corrected chi connectivity index (χ4v) is 13.6. The molecule has 0 amide bonds. The summed E-state index contributed by atoms with van der Waals surface area (Å²) in [5.41, 5.74) is -2.46. The van der Waals surface area contributed by atoms with Crippen LogP contribution in [0.15, 0.2) is 0 Å². The third-order valence-corrected chi connectivity index (χ3v) is 26.2. The molecule has 0 aromatic heterocycles. The Kier molecular flexibility index (Phi) is 44.6. The molecule has 6 saturated heterocycles. The Morgan fingerprint density at radius 1 is 0.339 bits per heavy atom. The van der Waals surface area contributed by atoms with Crippen LogP contribution >= 0.6 is 0 Å². The van der Waals surface area contributed by atoms with E-state index in [4.69, 9.17) is 85.3 Å². The van der Waals surface area contributed by atoms with Gasteiger partial charge in [0.1, 0.15) is 13.2 Å². The Morgan fingerprint density at radius 3 is 1.00 bits per heavy atom. The van der Waals surface area contributed by atoms with E-state index in [1.807, 2.05) is 152 Å². The van der Waals surface area contributed by atoms with E-state index in [2.05, 4.69) is 27.7 Å². The van der Waals surface area contributed by atoms with Crippen LogP contribution in [0, 0.1) is 68.0 Å². The third-order valence-electron chi connectivity index (χ3n) is 26.2. The van der Waals surface area contributed by atoms with Gasteiger partial charge in [0.05, 0.1) is 137 Å². The average Bonchev–Trinajstić information content (AvgIpc) is 1.36. The first-order valence-electron chi connectivity index (χ1n) is 45.9. The molecule has 3 saturated carbocycles. The maximum absolute atomic E-state index is 12.1. The Balaban J connectivity index is 0.000000298. The molecule has 0 radical (unpaired) electrons. The Morgan fingerprint density at radius 2 is 0.644 bits per heavy atom. The van der Waals surface area contributed by atoms with Gasteiger partial charge in [-0.15, -0.1) is 0 Å². The minimum Gasteiger partial charge on any atom is -0.465 e. The van der Waals surface area contributed by atoms with Crippen molar-refractivity contribution in [2.45, 2.75) is 394 Å². The highest BCUT2D eigenvalue weighted by Gasteiger charge is 2.46. The standard InChI is InChI=1S/C18H32O4.C17H32O4.C16H28O4.C15H26O4.C15H28O4.C13H24O4/c1-5-17(2,3)16(19)20-13-15-11-12-21-18(4,22-15)14-9-7-6-8-10-14;1-6-8-9-10-17(5)20-12-14(13-21-17)11-19-15(18)16(3,4)7-2;1-4-15(2,3)14(17)18-12-13-8-11-19-16(20-13)9-6-5-7-10-16;1-4-14(2,3)13(16)17-9-12-10-18-15(19-11-12)7-5-6-8-15;1-7-14(4,5)13(16)17-8-12-9-18-15(6,11(2)3)19-10-12;1-6-12(2,3)11(14)15-7-10-8-16-13(4,5)17-9-10/h14-15H,5-13H2,1-4H3;14H,6-13H2,1-5H3;13H,4-12H2,1-3H3;12H,4-11H2,1-3H3;11-12H,7-10H2,1-6H3;10H,6-9H2,1-5H3. The zero-order chi connectivity index (χ0) is 88.5. The maximum Gasteiger partial charge on any atom is 0.311 e. The number of carbonyl (C=O) groups is 6. The summed E-state index contributed by atoms with van der Waals surface area (Å²) < 4.78 is 103. The summed E-state index contributed by atoms with van der Waals surface area (Å²) in [7, 11) is 0. The predicted octanol–water partition coefficient (Wildman–Crippen LogP) is 19.7. The van der Waals surface area contributed by atoms with E-state index in [0.29, 0.717) is 118 Å². The first-order chi connectivity index (χ1) is 55.1. The highest BCUT2D eigenvalue weighted by Crippen LogP contribution is 2.42. The monoisotopic (exact) mass is 1680 g/mol. The molecule has 2 spiro atoms. The van der Waals surface area contributed by atoms with Crippen molar-refractivity contribution in [3.8, 4) is 0 Å². The minimum absolute atomic E-state index is 0.0153. The normalized spacial score (nSPS) is 26.9. The number of unbranched alkanes of at least 4 members (excludes halogenated alkanes) is 2. The SMILES string of the molecule is CCC(C)(C)C(=O)OCC1CCOC(C)(C2CCCCC2)O1.CCC(C)(C)C(=O)OCC1CCOC2(CCCCC2)O1.CCC(C)(C)C(=O)OCC1COC(C)(C(C)C)OC1.CCC(C)(C)C(=O)OCC1COC(C)(C)OC1.CCC(C)(C)C(=O)OCC1COC2(CCCC2)OC1.CCCCCC1(C)OCC(COC(=O)C(C)(C)CC)CO1. The van der Waals surface area contributed by atoms with Gasteiger partial charge in [0.15, 0.2) is 34.7 Å². The second kappa shape index (κ2) is 49.3. The first-order valence-corrected chi connectivity index (χ1v) is 45.9. The lowest BCUT2D eigenvalue weighted by Crippen LogP contribution is -2.49. The lowest BCUT2D eigenvalue weighted by molar-refractivity contribution is -0.316. The number of carbonyl (C=O) groups excluding carboxylic acids is 6. The maximum atomic E-state index is 12.1. The van der Waals surface area contributed by atoms with Gasteiger partial charge in [-0.25, -0.2) is 0 Å². The molecule has 24 heteroatoms. The molecule has 6 aliphatic heterocycles. The van der Waals surface area contributed by atoms with Gasteiger partial charge < -0.3 is 85.3 Å². The summed E-state index contributed by atoms with van der Waals surface area (Å²) in [6, 6.07) is 0. The third kappa shape index (κ3) is 35.8. The van der Waals surface area contributed by atoms with Crippen LogP contribution < -0.4 is 0 Å². The van der Waals surface area contributed by atoms with Crippen molar-refractivity contribution in [1.29, 1.82) is 0 Å². The van der Waals surface area contributed by atoms with Crippen molar-refractivity contribution in [1.82, 2.24) is 0 Å². The largest absolute Gasteiger partial charge is 0.465 e. The first kappa shape index (κ1) is 107. The second-order valence-corrected chi connectivity index (χ2v) is 39.8. The van der Waals surface area contributed by atoms with Gasteiger partial charge in [0.2, 0.25) is 0 Å². The number of ether oxygens (including phenoxy) is 18. The number of esters is 6. The molecular formula is C94H170O24. The van der Waals surface area contributed by atoms with Gasteiger partial charge in [0.25, 0.3) is 0 Å². The molecule has 3 unspecified atom stereocenters. The van der Waals surface area contributed by atoms with Crippen molar-refractivity contribution < 1.29 is 114 Å². The molecule has 3 atom stereocenters. The molecule has 9 fully saturated rings. The lowest BCUT2D eigenvalue weighted by atomic mass is 9.83. The van der Waals surface area contributed by atoms with E-state index in [0.717, 1.165) is 103 Å². The van der Waals surface area contributed by atoms with Crippen molar-refractivity contribution in [2.24, 2.45) is 68.0 Å². The van der Waals surface area contributed by atoms with Crippen LogP contribution in [-0.4, -0.2) is 188 Å². The summed E-state index contributed by atoms with van der Waals surface area (Å²) in [6.07, 6.45) is 26.7. The smallest absolute Gasteiger partial charge is 0.311 e. The summed E-state index contributed by atoms with van der Waals surface area (Å²) >= 11 is 0. The van der Waals surface area contributed by atoms with Crippen LogP contribution in [0.3, 0.4) is 0 Å². The van der Waals surface area contributed by atoms with Crippen LogP contribution in [-0.2, 0) is 114 Å². The number of hydrogen-bond acceptors (Lipinski definition) is 24. The van der Waals surface area contributed by atoms with Gasteiger partial charge in [-0.05, 0) is 201 Å². The highest BCUT2D eigenvalue weighted by molar-refractivity contribution is 5.78. The zero-order valence-electron chi connectivity index (χ0n) is 79.1. The number of rotatable bonds is 30. The second-order valence-electron chi connectivity index (χ2n) is 39.8. The average molecular weight is 1680 g/mol. The van der Waals surface area contributed by atoms with Crippen molar-refractivity contribution in [3.05, 3.63) is 0 Å². The van der Waals surface area contributed by atoms with E-state index in [-0.39, 0.29) is 77.5 Å². The Labute approximate surface area is 714 Å². The molecule has 9 rings (SSSR count). The molecular weight excluding hydrogens is 1510 g/mol.